The molecule has 0 aliphatic carbocycles. The first kappa shape index (κ1) is 12.9. The first-order valence-electron chi connectivity index (χ1n) is 6.43. The zero-order valence-electron chi connectivity index (χ0n) is 11.4. The van der Waals surface area contributed by atoms with Crippen molar-refractivity contribution in [1.29, 1.82) is 0 Å². The summed E-state index contributed by atoms with van der Waals surface area (Å²) in [4.78, 5) is 6.76. The fraction of sp³-hybridized carbons (Fsp3) is 0.400. The molecule has 18 heavy (non-hydrogen) atoms. The number of rotatable bonds is 2. The summed E-state index contributed by atoms with van der Waals surface area (Å²) in [6, 6.07) is 8.30. The maximum absolute atomic E-state index is 4.41. The van der Waals surface area contributed by atoms with E-state index in [-0.39, 0.29) is 0 Å². The predicted molar refractivity (Wildman–Crippen MR) is 82.5 cm³/mol. The van der Waals surface area contributed by atoms with Crippen LogP contribution in [0.4, 0.5) is 11.4 Å². The number of nitrogens with zero attached hydrogens (tertiary/aromatic N) is 2. The fourth-order valence-corrected chi connectivity index (χ4v) is 2.56. The third kappa shape index (κ3) is 3.48. The summed E-state index contributed by atoms with van der Waals surface area (Å²) < 4.78 is 0. The van der Waals surface area contributed by atoms with Crippen LogP contribution in [0.25, 0.3) is 0 Å². The van der Waals surface area contributed by atoms with Gasteiger partial charge in [0.1, 0.15) is 8.07 Å². The Morgan fingerprint density at radius 2 is 2.06 bits per heavy atom. The largest absolute Gasteiger partial charge is 0.364 e. The molecule has 1 aliphatic heterocycles. The molecule has 1 aliphatic rings. The molecule has 0 fully saturated rings. The zero-order valence-corrected chi connectivity index (χ0v) is 12.4. The van der Waals surface area contributed by atoms with Crippen LogP contribution in [0, 0.1) is 11.5 Å². The zero-order chi connectivity index (χ0) is 13.0. The van der Waals surface area contributed by atoms with Gasteiger partial charge in [0.15, 0.2) is 0 Å². The van der Waals surface area contributed by atoms with E-state index in [4.69, 9.17) is 0 Å². The summed E-state index contributed by atoms with van der Waals surface area (Å²) in [5.41, 5.74) is 5.72. The highest BCUT2D eigenvalue weighted by atomic mass is 28.3. The molecule has 0 aromatic heterocycles. The van der Waals surface area contributed by atoms with Crippen molar-refractivity contribution in [2.75, 3.05) is 18.0 Å². The second-order valence-corrected chi connectivity index (χ2v) is 10.3. The van der Waals surface area contributed by atoms with Crippen LogP contribution in [0.5, 0.6) is 0 Å². The molecule has 2 rings (SSSR count). The SMILES string of the molecule is C[Si](C)(C)C#CCCN1CC=Nc2ccccc21. The summed E-state index contributed by atoms with van der Waals surface area (Å²) in [7, 11) is -1.22. The molecule has 0 amide bonds. The molecule has 0 atom stereocenters. The number of anilines is 1. The maximum Gasteiger partial charge on any atom is 0.129 e. The molecule has 1 aromatic carbocycles. The van der Waals surface area contributed by atoms with Gasteiger partial charge in [-0.1, -0.05) is 31.8 Å². The fourth-order valence-electron chi connectivity index (χ4n) is 1.91. The van der Waals surface area contributed by atoms with Crippen molar-refractivity contribution in [2.45, 2.75) is 26.1 Å². The lowest BCUT2D eigenvalue weighted by molar-refractivity contribution is 0.876. The van der Waals surface area contributed by atoms with Gasteiger partial charge in [-0.15, -0.1) is 11.5 Å². The standard InChI is InChI=1S/C15H20N2Si/c1-18(2,3)13-7-6-11-17-12-10-16-14-8-4-5-9-15(14)17/h4-5,8-10H,6,11-12H2,1-3H3. The second kappa shape index (κ2) is 5.41. The molecule has 0 radical (unpaired) electrons. The van der Waals surface area contributed by atoms with Gasteiger partial charge in [-0.05, 0) is 12.1 Å². The molecule has 0 saturated heterocycles. The first-order valence-corrected chi connectivity index (χ1v) is 9.93. The van der Waals surface area contributed by atoms with E-state index in [1.54, 1.807) is 0 Å². The van der Waals surface area contributed by atoms with Crippen LogP contribution >= 0.6 is 0 Å². The molecular formula is C15H20N2Si. The normalized spacial score (nSPS) is 13.8. The average molecular weight is 256 g/mol. The molecular weight excluding hydrogens is 236 g/mol. The third-order valence-electron chi connectivity index (χ3n) is 2.72. The molecule has 1 aromatic rings. The summed E-state index contributed by atoms with van der Waals surface area (Å²) in [5.74, 6) is 3.33. The van der Waals surface area contributed by atoms with Gasteiger partial charge in [-0.25, -0.2) is 0 Å². The highest BCUT2D eigenvalue weighted by molar-refractivity contribution is 6.83. The molecule has 1 heterocycles. The van der Waals surface area contributed by atoms with Gasteiger partial charge in [0.2, 0.25) is 0 Å². The summed E-state index contributed by atoms with van der Waals surface area (Å²) in [6.45, 7) is 8.72. The smallest absolute Gasteiger partial charge is 0.129 e. The van der Waals surface area contributed by atoms with Crippen molar-refractivity contribution in [3.8, 4) is 11.5 Å². The Hall–Kier alpha value is -1.53. The van der Waals surface area contributed by atoms with Crippen LogP contribution in [0.1, 0.15) is 6.42 Å². The van der Waals surface area contributed by atoms with Crippen LogP contribution in [0.15, 0.2) is 29.3 Å². The molecule has 94 valence electrons. The average Bonchev–Trinajstić information content (AvgIpc) is 2.33. The van der Waals surface area contributed by atoms with Gasteiger partial charge in [0.25, 0.3) is 0 Å². The van der Waals surface area contributed by atoms with Crippen molar-refractivity contribution in [3.63, 3.8) is 0 Å². The van der Waals surface area contributed by atoms with Gasteiger partial charge in [-0.3, -0.25) is 4.99 Å². The Morgan fingerprint density at radius 3 is 2.83 bits per heavy atom. The molecule has 0 unspecified atom stereocenters. The first-order chi connectivity index (χ1) is 8.56. The van der Waals surface area contributed by atoms with E-state index in [0.29, 0.717) is 0 Å². The Kier molecular flexibility index (Phi) is 3.88. The minimum absolute atomic E-state index is 0.894. The van der Waals surface area contributed by atoms with Gasteiger partial charge in [-0.2, -0.15) is 0 Å². The molecule has 0 saturated carbocycles. The van der Waals surface area contributed by atoms with E-state index in [2.05, 4.69) is 59.2 Å². The van der Waals surface area contributed by atoms with Crippen LogP contribution in [-0.4, -0.2) is 27.4 Å². The number of benzene rings is 1. The van der Waals surface area contributed by atoms with Crippen molar-refractivity contribution >= 4 is 25.7 Å². The van der Waals surface area contributed by atoms with E-state index in [0.717, 1.165) is 25.2 Å². The number of fused-ring (bicyclic) bond motifs is 1. The van der Waals surface area contributed by atoms with E-state index < -0.39 is 8.07 Å². The highest BCUT2D eigenvalue weighted by Crippen LogP contribution is 2.30. The van der Waals surface area contributed by atoms with Gasteiger partial charge in [0, 0.05) is 19.2 Å². The molecule has 2 nitrogen and oxygen atoms in total. The Balaban J connectivity index is 1.99. The lowest BCUT2D eigenvalue weighted by atomic mass is 10.2. The Bertz CT molecular complexity index is 503. The molecule has 0 bridgehead atoms. The topological polar surface area (TPSA) is 15.6 Å². The number of hydrogen-bond donors (Lipinski definition) is 0. The lowest BCUT2D eigenvalue weighted by Crippen LogP contribution is -2.28. The molecule has 3 heteroatoms. The van der Waals surface area contributed by atoms with Crippen molar-refractivity contribution in [1.82, 2.24) is 0 Å². The summed E-state index contributed by atoms with van der Waals surface area (Å²) in [6.07, 6.45) is 2.92. The summed E-state index contributed by atoms with van der Waals surface area (Å²) in [5, 5.41) is 0. The molecule has 0 N–H and O–H groups in total. The van der Waals surface area contributed by atoms with E-state index in [1.165, 1.54) is 5.69 Å². The highest BCUT2D eigenvalue weighted by Gasteiger charge is 2.12. The van der Waals surface area contributed by atoms with E-state index in [1.807, 2.05) is 12.3 Å². The quantitative estimate of drug-likeness (QED) is 0.584. The number of hydrogen-bond acceptors (Lipinski definition) is 2. The van der Waals surface area contributed by atoms with Crippen LogP contribution in [-0.2, 0) is 0 Å². The van der Waals surface area contributed by atoms with Crippen LogP contribution in [0.2, 0.25) is 19.6 Å². The lowest BCUT2D eigenvalue weighted by Gasteiger charge is -2.26. The van der Waals surface area contributed by atoms with Crippen molar-refractivity contribution in [3.05, 3.63) is 24.3 Å². The van der Waals surface area contributed by atoms with Gasteiger partial charge >= 0.3 is 0 Å². The second-order valence-electron chi connectivity index (χ2n) is 5.55. The summed E-state index contributed by atoms with van der Waals surface area (Å²) >= 11 is 0. The van der Waals surface area contributed by atoms with Crippen LogP contribution in [0.3, 0.4) is 0 Å². The maximum atomic E-state index is 4.41. The van der Waals surface area contributed by atoms with Gasteiger partial charge < -0.3 is 4.90 Å². The minimum atomic E-state index is -1.22. The molecule has 0 spiro atoms. The van der Waals surface area contributed by atoms with E-state index in [9.17, 15) is 0 Å². The van der Waals surface area contributed by atoms with Crippen molar-refractivity contribution < 1.29 is 0 Å². The van der Waals surface area contributed by atoms with E-state index >= 15 is 0 Å². The number of para-hydroxylation sites is 2. The predicted octanol–water partition coefficient (Wildman–Crippen LogP) is 3.48. The minimum Gasteiger partial charge on any atom is -0.364 e. The third-order valence-corrected chi connectivity index (χ3v) is 3.65. The monoisotopic (exact) mass is 256 g/mol. The number of aliphatic imine (C=N–C) groups is 1. The van der Waals surface area contributed by atoms with Gasteiger partial charge in [0.05, 0.1) is 17.9 Å². The Morgan fingerprint density at radius 1 is 1.28 bits per heavy atom. The van der Waals surface area contributed by atoms with Crippen molar-refractivity contribution in [2.24, 2.45) is 4.99 Å². The Labute approximate surface area is 111 Å². The van der Waals surface area contributed by atoms with Crippen LogP contribution < -0.4 is 4.90 Å².